The second-order valence-electron chi connectivity index (χ2n) is 11.5. The second-order valence-corrected chi connectivity index (χ2v) is 12.7. The van der Waals surface area contributed by atoms with Gasteiger partial charge in [-0.05, 0) is 79.9 Å². The molecule has 1 aromatic rings. The van der Waals surface area contributed by atoms with E-state index in [-0.39, 0.29) is 21.7 Å². The fraction of sp³-hybridized carbons (Fsp3) is 0.630. The van der Waals surface area contributed by atoms with Crippen molar-refractivity contribution in [1.82, 2.24) is 0 Å². The van der Waals surface area contributed by atoms with Crippen molar-refractivity contribution in [3.8, 4) is 0 Å². The molecule has 3 fully saturated rings. The maximum atomic E-state index is 13.6. The number of anilines is 1. The molecule has 3 nitrogen and oxygen atoms in total. The first-order chi connectivity index (χ1) is 17.2. The number of hydrogen-bond donors (Lipinski definition) is 1. The van der Waals surface area contributed by atoms with E-state index in [2.05, 4.69) is 12.2 Å². The van der Waals surface area contributed by atoms with Crippen LogP contribution in [0, 0.1) is 34.5 Å². The molecule has 3 saturated carbocycles. The lowest BCUT2D eigenvalue weighted by atomic mass is 9.49. The highest BCUT2D eigenvalue weighted by Crippen LogP contribution is 2.66. The highest BCUT2D eigenvalue weighted by molar-refractivity contribution is 8.14. The van der Waals surface area contributed by atoms with Gasteiger partial charge in [0.15, 0.2) is 0 Å². The number of alkyl halides is 6. The Balaban J connectivity index is 1.42. The summed E-state index contributed by atoms with van der Waals surface area (Å²) in [6.45, 7) is 4.17. The summed E-state index contributed by atoms with van der Waals surface area (Å²) >= 11 is 1.39. The maximum absolute atomic E-state index is 13.6. The van der Waals surface area contributed by atoms with Crippen molar-refractivity contribution in [3.05, 3.63) is 41.5 Å². The fourth-order valence-electron chi connectivity index (χ4n) is 8.00. The summed E-state index contributed by atoms with van der Waals surface area (Å²) in [5, 5.41) is 2.36. The zero-order chi connectivity index (χ0) is 27.0. The topological polar surface area (TPSA) is 46.2 Å². The molecule has 0 radical (unpaired) electrons. The average Bonchev–Trinajstić information content (AvgIpc) is 3.15. The number of fused-ring (bicyclic) bond motifs is 5. The summed E-state index contributed by atoms with van der Waals surface area (Å²) in [5.41, 5.74) is -4.86. The van der Waals surface area contributed by atoms with Crippen LogP contribution in [0.5, 0.6) is 0 Å². The van der Waals surface area contributed by atoms with Gasteiger partial charge in [0.1, 0.15) is 0 Å². The van der Waals surface area contributed by atoms with Crippen molar-refractivity contribution in [2.75, 3.05) is 5.32 Å². The number of benzene rings is 1. The highest BCUT2D eigenvalue weighted by Gasteiger charge is 2.61. The molecule has 1 heterocycles. The number of halogens is 6. The Hall–Kier alpha value is -1.97. The third-order valence-electron chi connectivity index (χ3n) is 9.77. The van der Waals surface area contributed by atoms with E-state index in [9.17, 15) is 35.9 Å². The largest absolute Gasteiger partial charge is 0.418 e. The normalized spacial score (nSPS) is 37.5. The zero-order valence-corrected chi connectivity index (χ0v) is 21.3. The van der Waals surface area contributed by atoms with Gasteiger partial charge in [-0.15, -0.1) is 0 Å². The number of rotatable bonds is 2. The molecular formula is C27H29F6NO2S. The van der Waals surface area contributed by atoms with Gasteiger partial charge in [0.2, 0.25) is 11.0 Å². The lowest BCUT2D eigenvalue weighted by Gasteiger charge is -2.58. The SMILES string of the molecule is C[C@]12C=CC(=O)S[C@@H]1CC[C@@H]1[C@@H]2CC[C@]2(C)[C@@H](C(=O)Nc3c(C(F)(F)F)cccc3C(F)(F)F)CC[C@@H]12. The van der Waals surface area contributed by atoms with E-state index in [0.717, 1.165) is 19.3 Å². The number of hydrogen-bond acceptors (Lipinski definition) is 3. The first-order valence-corrected chi connectivity index (χ1v) is 13.5. The molecule has 0 spiro atoms. The van der Waals surface area contributed by atoms with Gasteiger partial charge in [0.25, 0.3) is 0 Å². The standard InChI is InChI=1S/C27H29F6NO2S/c1-24-12-10-16-14(6-9-20-25(16,2)13-11-21(35)37-20)15(24)7-8-19(24)23(36)34-22-17(26(28,29)30)4-3-5-18(22)27(31,32)33/h3-5,11,13-16,19-20H,6-10,12H2,1-2H3,(H,34,36)/t14-,15-,16-,19+,20+,24-,25+/m0/s1. The highest BCUT2D eigenvalue weighted by atomic mass is 32.2. The first-order valence-electron chi connectivity index (χ1n) is 12.6. The Morgan fingerprint density at radius 1 is 0.946 bits per heavy atom. The molecule has 5 rings (SSSR count). The number of thioether (sulfide) groups is 1. The lowest BCUT2D eigenvalue weighted by molar-refractivity contribution is -0.142. The molecule has 1 aromatic carbocycles. The minimum Gasteiger partial charge on any atom is -0.325 e. The van der Waals surface area contributed by atoms with Crippen molar-refractivity contribution < 1.29 is 35.9 Å². The van der Waals surface area contributed by atoms with Crippen LogP contribution in [-0.4, -0.2) is 16.3 Å². The van der Waals surface area contributed by atoms with E-state index in [1.165, 1.54) is 11.8 Å². The molecule has 37 heavy (non-hydrogen) atoms. The summed E-state index contributed by atoms with van der Waals surface area (Å²) in [5.74, 6) is -0.681. The Morgan fingerprint density at radius 3 is 2.22 bits per heavy atom. The molecule has 0 aromatic heterocycles. The Morgan fingerprint density at radius 2 is 1.59 bits per heavy atom. The molecule has 202 valence electrons. The van der Waals surface area contributed by atoms with Gasteiger partial charge < -0.3 is 5.32 Å². The molecule has 7 atom stereocenters. The van der Waals surface area contributed by atoms with E-state index in [4.69, 9.17) is 0 Å². The number of nitrogens with one attached hydrogen (secondary N) is 1. The van der Waals surface area contributed by atoms with Gasteiger partial charge >= 0.3 is 12.4 Å². The van der Waals surface area contributed by atoms with Crippen LogP contribution in [0.3, 0.4) is 0 Å². The summed E-state index contributed by atoms with van der Waals surface area (Å²) in [4.78, 5) is 25.4. The lowest BCUT2D eigenvalue weighted by Crippen LogP contribution is -2.53. The number of carbonyl (C=O) groups is 2. The van der Waals surface area contributed by atoms with Crippen LogP contribution in [0.4, 0.5) is 32.0 Å². The summed E-state index contributed by atoms with van der Waals surface area (Å²) in [6.07, 6.45) is -2.03. The predicted octanol–water partition coefficient (Wildman–Crippen LogP) is 7.72. The molecule has 1 aliphatic heterocycles. The van der Waals surface area contributed by atoms with Crippen LogP contribution in [0.1, 0.15) is 63.5 Å². The Labute approximate surface area is 215 Å². The van der Waals surface area contributed by atoms with Crippen LogP contribution >= 0.6 is 11.8 Å². The van der Waals surface area contributed by atoms with Gasteiger partial charge in [-0.25, -0.2) is 0 Å². The number of amides is 1. The number of allylic oxidation sites excluding steroid dienone is 1. The molecule has 0 saturated heterocycles. The number of carbonyl (C=O) groups excluding carboxylic acids is 2. The van der Waals surface area contributed by atoms with Gasteiger partial charge in [-0.3, -0.25) is 9.59 Å². The minimum absolute atomic E-state index is 0.0662. The summed E-state index contributed by atoms with van der Waals surface area (Å²) in [6, 6.07) is 1.83. The maximum Gasteiger partial charge on any atom is 0.418 e. The smallest absolute Gasteiger partial charge is 0.325 e. The van der Waals surface area contributed by atoms with Crippen molar-refractivity contribution in [2.24, 2.45) is 34.5 Å². The zero-order valence-electron chi connectivity index (χ0n) is 20.5. The predicted molar refractivity (Wildman–Crippen MR) is 128 cm³/mol. The first kappa shape index (κ1) is 26.6. The quantitative estimate of drug-likeness (QED) is 0.387. The molecule has 3 aliphatic carbocycles. The van der Waals surface area contributed by atoms with Crippen molar-refractivity contribution >= 4 is 28.5 Å². The molecule has 0 bridgehead atoms. The minimum atomic E-state index is -5.05. The monoisotopic (exact) mass is 545 g/mol. The third kappa shape index (κ3) is 4.31. The van der Waals surface area contributed by atoms with Crippen LogP contribution in [0.15, 0.2) is 30.4 Å². The molecule has 4 aliphatic rings. The molecule has 1 N–H and O–H groups in total. The summed E-state index contributed by atoms with van der Waals surface area (Å²) < 4.78 is 81.7. The van der Waals surface area contributed by atoms with Crippen molar-refractivity contribution in [2.45, 2.75) is 70.0 Å². The van der Waals surface area contributed by atoms with Crippen LogP contribution < -0.4 is 5.32 Å². The average molecular weight is 546 g/mol. The van der Waals surface area contributed by atoms with Gasteiger partial charge in [0, 0.05) is 16.6 Å². The van der Waals surface area contributed by atoms with Gasteiger partial charge in [-0.2, -0.15) is 26.3 Å². The van der Waals surface area contributed by atoms with E-state index in [1.807, 2.05) is 13.0 Å². The van der Waals surface area contributed by atoms with E-state index >= 15 is 0 Å². The van der Waals surface area contributed by atoms with E-state index < -0.39 is 46.4 Å². The van der Waals surface area contributed by atoms with E-state index in [1.54, 1.807) is 6.08 Å². The Bertz CT molecular complexity index is 1110. The van der Waals surface area contributed by atoms with Crippen LogP contribution in [0.25, 0.3) is 0 Å². The fourth-order valence-corrected chi connectivity index (χ4v) is 9.19. The molecule has 10 heteroatoms. The van der Waals surface area contributed by atoms with Crippen LogP contribution in [0.2, 0.25) is 0 Å². The summed E-state index contributed by atoms with van der Waals surface area (Å²) in [7, 11) is 0. The third-order valence-corrected chi connectivity index (χ3v) is 11.2. The van der Waals surface area contributed by atoms with Crippen molar-refractivity contribution in [3.63, 3.8) is 0 Å². The van der Waals surface area contributed by atoms with Crippen molar-refractivity contribution in [1.29, 1.82) is 0 Å². The number of para-hydroxylation sites is 1. The second kappa shape index (κ2) is 8.78. The van der Waals surface area contributed by atoms with Crippen LogP contribution in [-0.2, 0) is 21.9 Å². The Kier molecular flexibility index (Phi) is 6.32. The molecule has 0 unspecified atom stereocenters. The molecular weight excluding hydrogens is 516 g/mol. The van der Waals surface area contributed by atoms with Gasteiger partial charge in [0.05, 0.1) is 16.8 Å². The molecule has 1 amide bonds. The van der Waals surface area contributed by atoms with E-state index in [0.29, 0.717) is 49.3 Å². The van der Waals surface area contributed by atoms with Gasteiger partial charge in [-0.1, -0.05) is 37.8 Å².